The maximum atomic E-state index is 5.81. The smallest absolute Gasteiger partial charge is 0.0163 e. The molecule has 0 heterocycles. The van der Waals surface area contributed by atoms with Crippen LogP contribution in [-0.4, -0.2) is 30.6 Å². The molecular weight excluding hydrogens is 184 g/mol. The van der Waals surface area contributed by atoms with E-state index in [4.69, 9.17) is 5.73 Å². The first kappa shape index (κ1) is 14.7. The Morgan fingerprint density at radius 3 is 2.20 bits per heavy atom. The average molecular weight is 212 g/mol. The van der Waals surface area contributed by atoms with Gasteiger partial charge in [0.1, 0.15) is 0 Å². The van der Waals surface area contributed by atoms with Crippen LogP contribution in [0, 0.1) is 11.8 Å². The molecule has 1 unspecified atom stereocenters. The SMILES string of the molecule is C=CCN(CC(CN)CC(C)C)C(C)C. The molecule has 0 radical (unpaired) electrons. The van der Waals surface area contributed by atoms with E-state index in [1.807, 2.05) is 6.08 Å². The van der Waals surface area contributed by atoms with Gasteiger partial charge in [0.2, 0.25) is 0 Å². The molecule has 0 aliphatic carbocycles. The van der Waals surface area contributed by atoms with Gasteiger partial charge in [-0.25, -0.2) is 0 Å². The Labute approximate surface area is 95.5 Å². The third-order valence-corrected chi connectivity index (χ3v) is 2.72. The van der Waals surface area contributed by atoms with Gasteiger partial charge >= 0.3 is 0 Å². The molecule has 0 aromatic carbocycles. The summed E-state index contributed by atoms with van der Waals surface area (Å²) in [6, 6.07) is 0.573. The molecule has 0 spiro atoms. The molecule has 0 aromatic heterocycles. The van der Waals surface area contributed by atoms with Crippen molar-refractivity contribution in [1.82, 2.24) is 4.90 Å². The second-order valence-corrected chi connectivity index (χ2v) is 5.07. The highest BCUT2D eigenvalue weighted by Gasteiger charge is 2.15. The van der Waals surface area contributed by atoms with Crippen LogP contribution in [0.15, 0.2) is 12.7 Å². The number of nitrogens with zero attached hydrogens (tertiary/aromatic N) is 1. The van der Waals surface area contributed by atoms with Gasteiger partial charge in [-0.15, -0.1) is 6.58 Å². The maximum Gasteiger partial charge on any atom is 0.0163 e. The summed E-state index contributed by atoms with van der Waals surface area (Å²) in [5, 5.41) is 0. The van der Waals surface area contributed by atoms with E-state index in [1.165, 1.54) is 6.42 Å². The molecule has 90 valence electrons. The largest absolute Gasteiger partial charge is 0.330 e. The Morgan fingerprint density at radius 1 is 1.27 bits per heavy atom. The van der Waals surface area contributed by atoms with Crippen molar-refractivity contribution in [3.05, 3.63) is 12.7 Å². The van der Waals surface area contributed by atoms with E-state index in [0.29, 0.717) is 12.0 Å². The number of rotatable bonds is 8. The summed E-state index contributed by atoms with van der Waals surface area (Å²) in [4.78, 5) is 2.44. The minimum absolute atomic E-state index is 0.573. The van der Waals surface area contributed by atoms with Gasteiger partial charge < -0.3 is 5.73 Å². The first-order chi connectivity index (χ1) is 7.01. The maximum absolute atomic E-state index is 5.81. The van der Waals surface area contributed by atoms with Crippen LogP contribution in [0.2, 0.25) is 0 Å². The number of hydrogen-bond acceptors (Lipinski definition) is 2. The van der Waals surface area contributed by atoms with Crippen molar-refractivity contribution in [2.24, 2.45) is 17.6 Å². The quantitative estimate of drug-likeness (QED) is 0.626. The lowest BCUT2D eigenvalue weighted by molar-refractivity contribution is 0.196. The fraction of sp³-hybridized carbons (Fsp3) is 0.846. The van der Waals surface area contributed by atoms with Crippen LogP contribution in [0.25, 0.3) is 0 Å². The van der Waals surface area contributed by atoms with Crippen molar-refractivity contribution in [2.75, 3.05) is 19.6 Å². The first-order valence-corrected chi connectivity index (χ1v) is 6.06. The van der Waals surface area contributed by atoms with E-state index in [-0.39, 0.29) is 0 Å². The second-order valence-electron chi connectivity index (χ2n) is 5.07. The Morgan fingerprint density at radius 2 is 1.87 bits per heavy atom. The molecule has 1 atom stereocenters. The molecule has 2 N–H and O–H groups in total. The lowest BCUT2D eigenvalue weighted by Gasteiger charge is -2.30. The van der Waals surface area contributed by atoms with Gasteiger partial charge in [-0.3, -0.25) is 4.90 Å². The minimum Gasteiger partial charge on any atom is -0.330 e. The molecule has 0 saturated heterocycles. The summed E-state index contributed by atoms with van der Waals surface area (Å²) in [5.41, 5.74) is 5.81. The molecule has 0 aliphatic rings. The van der Waals surface area contributed by atoms with Gasteiger partial charge in [0.15, 0.2) is 0 Å². The van der Waals surface area contributed by atoms with E-state index in [9.17, 15) is 0 Å². The van der Waals surface area contributed by atoms with E-state index >= 15 is 0 Å². The topological polar surface area (TPSA) is 29.3 Å². The summed E-state index contributed by atoms with van der Waals surface area (Å²) in [5.74, 6) is 1.35. The summed E-state index contributed by atoms with van der Waals surface area (Å²) in [7, 11) is 0. The first-order valence-electron chi connectivity index (χ1n) is 6.06. The molecule has 0 aliphatic heterocycles. The monoisotopic (exact) mass is 212 g/mol. The molecule has 2 heteroatoms. The number of nitrogens with two attached hydrogens (primary N) is 1. The van der Waals surface area contributed by atoms with Crippen LogP contribution in [0.4, 0.5) is 0 Å². The lowest BCUT2D eigenvalue weighted by atomic mass is 9.96. The van der Waals surface area contributed by atoms with Gasteiger partial charge in [-0.05, 0) is 38.6 Å². The fourth-order valence-electron chi connectivity index (χ4n) is 1.91. The van der Waals surface area contributed by atoms with Crippen molar-refractivity contribution in [1.29, 1.82) is 0 Å². The highest BCUT2D eigenvalue weighted by atomic mass is 15.1. The number of hydrogen-bond donors (Lipinski definition) is 1. The third kappa shape index (κ3) is 6.69. The van der Waals surface area contributed by atoms with Crippen molar-refractivity contribution in [2.45, 2.75) is 40.2 Å². The van der Waals surface area contributed by atoms with Gasteiger partial charge in [-0.2, -0.15) is 0 Å². The molecule has 0 fully saturated rings. The average Bonchev–Trinajstić information content (AvgIpc) is 2.14. The van der Waals surface area contributed by atoms with Crippen LogP contribution >= 0.6 is 0 Å². The molecule has 0 bridgehead atoms. The molecule has 0 aromatic rings. The predicted molar refractivity (Wildman–Crippen MR) is 68.9 cm³/mol. The summed E-state index contributed by atoms with van der Waals surface area (Å²) < 4.78 is 0. The van der Waals surface area contributed by atoms with Gasteiger partial charge in [0.05, 0.1) is 0 Å². The molecule has 0 rings (SSSR count). The van der Waals surface area contributed by atoms with E-state index in [1.54, 1.807) is 0 Å². The van der Waals surface area contributed by atoms with Crippen LogP contribution in [-0.2, 0) is 0 Å². The van der Waals surface area contributed by atoms with Gasteiger partial charge in [0.25, 0.3) is 0 Å². The molecule has 0 saturated carbocycles. The second kappa shape index (κ2) is 7.89. The lowest BCUT2D eigenvalue weighted by Crippen LogP contribution is -2.38. The Kier molecular flexibility index (Phi) is 7.71. The standard InChI is InChI=1S/C13H28N2/c1-6-7-15(12(4)5)10-13(9-14)8-11(2)3/h6,11-13H,1,7-10,14H2,2-5H3. The van der Waals surface area contributed by atoms with Crippen molar-refractivity contribution in [3.8, 4) is 0 Å². The zero-order valence-electron chi connectivity index (χ0n) is 10.9. The summed E-state index contributed by atoms with van der Waals surface area (Å²) >= 11 is 0. The summed E-state index contributed by atoms with van der Waals surface area (Å²) in [6.07, 6.45) is 3.19. The zero-order valence-corrected chi connectivity index (χ0v) is 10.9. The molecule has 0 amide bonds. The van der Waals surface area contributed by atoms with E-state index in [0.717, 1.165) is 25.6 Å². The van der Waals surface area contributed by atoms with Gasteiger partial charge in [0, 0.05) is 19.1 Å². The fourth-order valence-corrected chi connectivity index (χ4v) is 1.91. The predicted octanol–water partition coefficient (Wildman–Crippen LogP) is 2.50. The normalized spacial score (nSPS) is 13.9. The zero-order chi connectivity index (χ0) is 11.8. The van der Waals surface area contributed by atoms with E-state index in [2.05, 4.69) is 39.2 Å². The Bertz CT molecular complexity index is 164. The van der Waals surface area contributed by atoms with Gasteiger partial charge in [-0.1, -0.05) is 19.9 Å². The van der Waals surface area contributed by atoms with Crippen LogP contribution in [0.5, 0.6) is 0 Å². The molecule has 2 nitrogen and oxygen atoms in total. The molecule has 15 heavy (non-hydrogen) atoms. The highest BCUT2D eigenvalue weighted by molar-refractivity contribution is 4.78. The van der Waals surface area contributed by atoms with Crippen LogP contribution in [0.1, 0.15) is 34.1 Å². The van der Waals surface area contributed by atoms with Crippen LogP contribution < -0.4 is 5.73 Å². The Hall–Kier alpha value is -0.340. The van der Waals surface area contributed by atoms with Crippen molar-refractivity contribution < 1.29 is 0 Å². The minimum atomic E-state index is 0.573. The van der Waals surface area contributed by atoms with Crippen molar-refractivity contribution >= 4 is 0 Å². The van der Waals surface area contributed by atoms with Crippen molar-refractivity contribution in [3.63, 3.8) is 0 Å². The third-order valence-electron chi connectivity index (χ3n) is 2.72. The highest BCUT2D eigenvalue weighted by Crippen LogP contribution is 2.13. The Balaban J connectivity index is 4.14. The van der Waals surface area contributed by atoms with E-state index < -0.39 is 0 Å². The molecular formula is C13H28N2. The van der Waals surface area contributed by atoms with Crippen LogP contribution in [0.3, 0.4) is 0 Å². The summed E-state index contributed by atoms with van der Waals surface area (Å²) in [6.45, 7) is 15.6.